The van der Waals surface area contributed by atoms with Gasteiger partial charge in [-0.2, -0.15) is 0 Å². The minimum absolute atomic E-state index is 0.0876. The van der Waals surface area contributed by atoms with Crippen LogP contribution in [0.2, 0.25) is 0 Å². The SMILES string of the molecule is O=Nc1cc([N+](=O)[O-])c2ccc3cccc4ccc1c2c43. The van der Waals surface area contributed by atoms with Crippen LogP contribution in [0.5, 0.6) is 0 Å². The molecule has 0 N–H and O–H groups in total. The lowest BCUT2D eigenvalue weighted by Gasteiger charge is -2.11. The van der Waals surface area contributed by atoms with E-state index >= 15 is 0 Å². The molecule has 0 fully saturated rings. The zero-order chi connectivity index (χ0) is 14.6. The number of rotatable bonds is 2. The summed E-state index contributed by atoms with van der Waals surface area (Å²) in [6, 6.07) is 14.4. The van der Waals surface area contributed by atoms with E-state index in [1.54, 1.807) is 12.1 Å². The number of hydrogen-bond donors (Lipinski definition) is 0. The average molecular weight is 276 g/mol. The molecule has 0 saturated carbocycles. The Morgan fingerprint density at radius 2 is 1.57 bits per heavy atom. The third-order valence-electron chi connectivity index (χ3n) is 3.90. The number of benzene rings is 4. The maximum Gasteiger partial charge on any atom is 0.279 e. The number of nitro groups is 1. The van der Waals surface area contributed by atoms with Gasteiger partial charge in [0.15, 0.2) is 0 Å². The van der Waals surface area contributed by atoms with Crippen molar-refractivity contribution in [1.29, 1.82) is 0 Å². The quantitative estimate of drug-likeness (QED) is 0.226. The largest absolute Gasteiger partial charge is 0.279 e. The van der Waals surface area contributed by atoms with Crippen molar-refractivity contribution in [3.63, 3.8) is 0 Å². The Labute approximate surface area is 118 Å². The fraction of sp³-hybridized carbons (Fsp3) is 0. The normalized spacial score (nSPS) is 11.4. The summed E-state index contributed by atoms with van der Waals surface area (Å²) < 4.78 is 0. The number of non-ortho nitro benzene ring substituents is 1. The summed E-state index contributed by atoms with van der Waals surface area (Å²) in [4.78, 5) is 21.9. The molecule has 21 heavy (non-hydrogen) atoms. The minimum atomic E-state index is -0.472. The van der Waals surface area contributed by atoms with Gasteiger partial charge < -0.3 is 0 Å². The molecule has 0 saturated heterocycles. The molecule has 4 aromatic rings. The Morgan fingerprint density at radius 1 is 0.905 bits per heavy atom. The van der Waals surface area contributed by atoms with Crippen molar-refractivity contribution in [3.8, 4) is 0 Å². The molecule has 0 aliphatic carbocycles. The summed E-state index contributed by atoms with van der Waals surface area (Å²) in [6.45, 7) is 0. The monoisotopic (exact) mass is 276 g/mol. The fourth-order valence-electron chi connectivity index (χ4n) is 3.02. The lowest BCUT2D eigenvalue weighted by molar-refractivity contribution is -0.383. The Kier molecular flexibility index (Phi) is 2.21. The van der Waals surface area contributed by atoms with Gasteiger partial charge in [0.2, 0.25) is 0 Å². The standard InChI is InChI=1S/C16H8N2O3/c19-17-13-8-14(18(20)21)12-7-5-10-3-1-2-9-4-6-11(13)16(12)15(9)10/h1-8H. The summed E-state index contributed by atoms with van der Waals surface area (Å²) >= 11 is 0. The zero-order valence-electron chi connectivity index (χ0n) is 10.7. The first kappa shape index (κ1) is 11.7. The molecule has 5 nitrogen and oxygen atoms in total. The van der Waals surface area contributed by atoms with Crippen molar-refractivity contribution in [1.82, 2.24) is 0 Å². The minimum Gasteiger partial charge on any atom is -0.258 e. The molecular weight excluding hydrogens is 268 g/mol. The molecular formula is C16H8N2O3. The van der Waals surface area contributed by atoms with E-state index in [1.165, 1.54) is 6.07 Å². The number of hydrogen-bond acceptors (Lipinski definition) is 4. The van der Waals surface area contributed by atoms with Crippen molar-refractivity contribution >= 4 is 43.7 Å². The number of nitrogens with zero attached hydrogens (tertiary/aromatic N) is 2. The van der Waals surface area contributed by atoms with Gasteiger partial charge in [0.25, 0.3) is 5.69 Å². The first-order valence-electron chi connectivity index (χ1n) is 6.39. The fourth-order valence-corrected chi connectivity index (χ4v) is 3.02. The lowest BCUT2D eigenvalue weighted by Crippen LogP contribution is -1.92. The second-order valence-corrected chi connectivity index (χ2v) is 4.94. The highest BCUT2D eigenvalue weighted by Gasteiger charge is 2.20. The highest BCUT2D eigenvalue weighted by molar-refractivity contribution is 6.26. The molecule has 4 aromatic carbocycles. The summed E-state index contributed by atoms with van der Waals surface area (Å²) in [7, 11) is 0. The summed E-state index contributed by atoms with van der Waals surface area (Å²) in [5, 5.41) is 19.1. The van der Waals surface area contributed by atoms with Gasteiger partial charge in [-0.05, 0) is 27.4 Å². The van der Waals surface area contributed by atoms with E-state index in [0.29, 0.717) is 10.8 Å². The summed E-state index contributed by atoms with van der Waals surface area (Å²) in [5.41, 5.74) is 0.0165. The van der Waals surface area contributed by atoms with Crippen molar-refractivity contribution < 1.29 is 4.92 Å². The highest BCUT2D eigenvalue weighted by Crippen LogP contribution is 2.42. The van der Waals surface area contributed by atoms with Crippen molar-refractivity contribution in [2.24, 2.45) is 5.18 Å². The first-order chi connectivity index (χ1) is 10.2. The maximum absolute atomic E-state index is 11.3. The molecule has 100 valence electrons. The Balaban J connectivity index is 2.40. The third kappa shape index (κ3) is 1.45. The predicted molar refractivity (Wildman–Crippen MR) is 82.3 cm³/mol. The average Bonchev–Trinajstić information content (AvgIpc) is 2.51. The molecule has 0 unspecified atom stereocenters. The lowest BCUT2D eigenvalue weighted by atomic mass is 9.93. The molecule has 0 radical (unpaired) electrons. The molecule has 0 amide bonds. The molecule has 0 aromatic heterocycles. The van der Waals surface area contributed by atoms with Crippen LogP contribution in [0.25, 0.3) is 32.3 Å². The smallest absolute Gasteiger partial charge is 0.258 e. The van der Waals surface area contributed by atoms with Crippen molar-refractivity contribution in [2.45, 2.75) is 0 Å². The van der Waals surface area contributed by atoms with Gasteiger partial charge in [-0.3, -0.25) is 10.1 Å². The molecule has 0 spiro atoms. The number of nitro benzene ring substituents is 1. The Hall–Kier alpha value is -3.08. The van der Waals surface area contributed by atoms with Gasteiger partial charge in [-0.25, -0.2) is 0 Å². The maximum atomic E-state index is 11.3. The van der Waals surface area contributed by atoms with Crippen LogP contribution in [0.3, 0.4) is 0 Å². The van der Waals surface area contributed by atoms with Crippen LogP contribution in [0.15, 0.2) is 53.7 Å². The molecule has 0 atom stereocenters. The molecule has 0 bridgehead atoms. The van der Waals surface area contributed by atoms with E-state index in [0.717, 1.165) is 21.5 Å². The second-order valence-electron chi connectivity index (χ2n) is 4.94. The van der Waals surface area contributed by atoms with Gasteiger partial charge >= 0.3 is 0 Å². The summed E-state index contributed by atoms with van der Waals surface area (Å²) in [6.07, 6.45) is 0. The Morgan fingerprint density at radius 3 is 2.19 bits per heavy atom. The molecule has 0 heterocycles. The number of nitroso groups, excluding NO2 is 1. The van der Waals surface area contributed by atoms with Gasteiger partial charge in [0, 0.05) is 16.8 Å². The van der Waals surface area contributed by atoms with Gasteiger partial charge in [0.05, 0.1) is 10.3 Å². The Bertz CT molecular complexity index is 1020. The second kappa shape index (κ2) is 3.96. The van der Waals surface area contributed by atoms with Crippen LogP contribution in [-0.4, -0.2) is 4.92 Å². The highest BCUT2D eigenvalue weighted by atomic mass is 16.6. The molecule has 0 aliphatic heterocycles. The topological polar surface area (TPSA) is 72.6 Å². The van der Waals surface area contributed by atoms with Gasteiger partial charge in [-0.15, -0.1) is 4.91 Å². The zero-order valence-corrected chi connectivity index (χ0v) is 10.7. The van der Waals surface area contributed by atoms with Crippen LogP contribution >= 0.6 is 0 Å². The molecule has 5 heteroatoms. The van der Waals surface area contributed by atoms with E-state index in [9.17, 15) is 15.0 Å². The molecule has 0 aliphatic rings. The van der Waals surface area contributed by atoms with Crippen LogP contribution in [0.4, 0.5) is 11.4 Å². The van der Waals surface area contributed by atoms with Gasteiger partial charge in [-0.1, -0.05) is 36.4 Å². The van der Waals surface area contributed by atoms with E-state index in [-0.39, 0.29) is 11.4 Å². The predicted octanol–water partition coefficient (Wildman–Crippen LogP) is 4.89. The van der Waals surface area contributed by atoms with Crippen LogP contribution < -0.4 is 0 Å². The van der Waals surface area contributed by atoms with E-state index in [2.05, 4.69) is 5.18 Å². The third-order valence-corrected chi connectivity index (χ3v) is 3.90. The molecule has 4 rings (SSSR count). The van der Waals surface area contributed by atoms with Gasteiger partial charge in [0.1, 0.15) is 5.69 Å². The first-order valence-corrected chi connectivity index (χ1v) is 6.39. The van der Waals surface area contributed by atoms with Crippen LogP contribution in [-0.2, 0) is 0 Å². The van der Waals surface area contributed by atoms with Crippen molar-refractivity contribution in [2.75, 3.05) is 0 Å². The van der Waals surface area contributed by atoms with E-state index < -0.39 is 4.92 Å². The van der Waals surface area contributed by atoms with Crippen LogP contribution in [0.1, 0.15) is 0 Å². The van der Waals surface area contributed by atoms with E-state index in [1.807, 2.05) is 30.3 Å². The van der Waals surface area contributed by atoms with Crippen molar-refractivity contribution in [3.05, 3.63) is 63.6 Å². The van der Waals surface area contributed by atoms with Crippen LogP contribution in [0, 0.1) is 15.0 Å². The summed E-state index contributed by atoms with van der Waals surface area (Å²) in [5.74, 6) is 0. The van der Waals surface area contributed by atoms with E-state index in [4.69, 9.17) is 0 Å².